The van der Waals surface area contributed by atoms with Gasteiger partial charge in [0.1, 0.15) is 12.2 Å². The van der Waals surface area contributed by atoms with Gasteiger partial charge in [-0.3, -0.25) is 20.9 Å². The van der Waals surface area contributed by atoms with Crippen LogP contribution in [0.2, 0.25) is 0 Å². The third kappa shape index (κ3) is 2.66. The number of aromatic nitrogens is 4. The Labute approximate surface area is 99.9 Å². The summed E-state index contributed by atoms with van der Waals surface area (Å²) in [6.07, 6.45) is 5.80. The molecule has 2 aromatic heterocycles. The zero-order chi connectivity index (χ0) is 12.1. The third-order valence-corrected chi connectivity index (χ3v) is 2.67. The molecule has 0 amide bonds. The second-order valence-corrected chi connectivity index (χ2v) is 3.70. The standard InChI is InChI=1S/C11H16N6/c1-2-17-11(14-8-15-17)6-10(16-12)9-4-3-5-13-7-9/h3-5,7-8,10,16H,2,6,12H2,1H3. The molecule has 1 unspecified atom stereocenters. The average Bonchev–Trinajstić information content (AvgIpc) is 2.84. The van der Waals surface area contributed by atoms with Crippen molar-refractivity contribution in [2.75, 3.05) is 0 Å². The number of nitrogens with one attached hydrogen (secondary N) is 1. The molecule has 0 fully saturated rings. The van der Waals surface area contributed by atoms with Gasteiger partial charge in [0.2, 0.25) is 0 Å². The third-order valence-electron chi connectivity index (χ3n) is 2.67. The Morgan fingerprint density at radius 3 is 3.06 bits per heavy atom. The fourth-order valence-corrected chi connectivity index (χ4v) is 1.75. The van der Waals surface area contributed by atoms with Gasteiger partial charge < -0.3 is 0 Å². The van der Waals surface area contributed by atoms with Gasteiger partial charge in [0.15, 0.2) is 0 Å². The highest BCUT2D eigenvalue weighted by molar-refractivity contribution is 5.15. The smallest absolute Gasteiger partial charge is 0.138 e. The van der Waals surface area contributed by atoms with Crippen LogP contribution in [0.4, 0.5) is 0 Å². The highest BCUT2D eigenvalue weighted by Gasteiger charge is 2.14. The lowest BCUT2D eigenvalue weighted by Crippen LogP contribution is -2.30. The summed E-state index contributed by atoms with van der Waals surface area (Å²) in [7, 11) is 0. The summed E-state index contributed by atoms with van der Waals surface area (Å²) in [5.41, 5.74) is 3.83. The van der Waals surface area contributed by atoms with Gasteiger partial charge >= 0.3 is 0 Å². The molecule has 0 aromatic carbocycles. The fraction of sp³-hybridized carbons (Fsp3) is 0.364. The van der Waals surface area contributed by atoms with Gasteiger partial charge in [-0.05, 0) is 18.6 Å². The molecule has 2 rings (SSSR count). The summed E-state index contributed by atoms with van der Waals surface area (Å²) in [5.74, 6) is 6.49. The largest absolute Gasteiger partial charge is 0.271 e. The minimum absolute atomic E-state index is 0.00167. The van der Waals surface area contributed by atoms with Crippen molar-refractivity contribution in [3.8, 4) is 0 Å². The van der Waals surface area contributed by atoms with E-state index in [1.54, 1.807) is 18.7 Å². The predicted molar refractivity (Wildman–Crippen MR) is 63.7 cm³/mol. The van der Waals surface area contributed by atoms with E-state index in [0.29, 0.717) is 6.42 Å². The molecule has 0 aliphatic carbocycles. The topological polar surface area (TPSA) is 81.7 Å². The molecule has 0 spiro atoms. The van der Waals surface area contributed by atoms with Gasteiger partial charge in [-0.15, -0.1) is 0 Å². The molecule has 2 aromatic rings. The van der Waals surface area contributed by atoms with Crippen LogP contribution >= 0.6 is 0 Å². The molecular formula is C11H16N6. The number of pyridine rings is 1. The first kappa shape index (κ1) is 11.7. The summed E-state index contributed by atoms with van der Waals surface area (Å²) < 4.78 is 1.86. The average molecular weight is 232 g/mol. The van der Waals surface area contributed by atoms with Gasteiger partial charge in [0.25, 0.3) is 0 Å². The second-order valence-electron chi connectivity index (χ2n) is 3.70. The normalized spacial score (nSPS) is 12.6. The van der Waals surface area contributed by atoms with E-state index in [2.05, 4.69) is 20.5 Å². The van der Waals surface area contributed by atoms with E-state index >= 15 is 0 Å². The Balaban J connectivity index is 2.16. The van der Waals surface area contributed by atoms with Crippen LogP contribution in [-0.2, 0) is 13.0 Å². The molecule has 6 heteroatoms. The first-order valence-corrected chi connectivity index (χ1v) is 5.58. The van der Waals surface area contributed by atoms with Gasteiger partial charge in [-0.25, -0.2) is 4.98 Å². The van der Waals surface area contributed by atoms with E-state index in [4.69, 9.17) is 5.84 Å². The van der Waals surface area contributed by atoms with Crippen molar-refractivity contribution in [1.82, 2.24) is 25.2 Å². The lowest BCUT2D eigenvalue weighted by Gasteiger charge is -2.15. The molecule has 0 saturated heterocycles. The van der Waals surface area contributed by atoms with E-state index < -0.39 is 0 Å². The first-order chi connectivity index (χ1) is 8.35. The Morgan fingerprint density at radius 1 is 1.53 bits per heavy atom. The Hall–Kier alpha value is -1.79. The summed E-state index contributed by atoms with van der Waals surface area (Å²) in [6.45, 7) is 2.84. The monoisotopic (exact) mass is 232 g/mol. The van der Waals surface area contributed by atoms with Crippen LogP contribution in [0.15, 0.2) is 30.9 Å². The summed E-state index contributed by atoms with van der Waals surface area (Å²) >= 11 is 0. The molecule has 0 bridgehead atoms. The highest BCUT2D eigenvalue weighted by atomic mass is 15.3. The molecule has 0 aliphatic rings. The molecule has 3 N–H and O–H groups in total. The van der Waals surface area contributed by atoms with Crippen molar-refractivity contribution in [2.24, 2.45) is 5.84 Å². The molecule has 0 saturated carbocycles. The van der Waals surface area contributed by atoms with Crippen LogP contribution in [0.25, 0.3) is 0 Å². The van der Waals surface area contributed by atoms with E-state index in [1.165, 1.54) is 0 Å². The van der Waals surface area contributed by atoms with E-state index in [9.17, 15) is 0 Å². The van der Waals surface area contributed by atoms with Crippen molar-refractivity contribution in [1.29, 1.82) is 0 Å². The van der Waals surface area contributed by atoms with Gasteiger partial charge in [-0.1, -0.05) is 6.07 Å². The minimum atomic E-state index is -0.00167. The van der Waals surface area contributed by atoms with Gasteiger partial charge in [0, 0.05) is 25.4 Å². The van der Waals surface area contributed by atoms with E-state index in [0.717, 1.165) is 17.9 Å². The number of nitrogens with zero attached hydrogens (tertiary/aromatic N) is 4. The fourth-order valence-electron chi connectivity index (χ4n) is 1.75. The lowest BCUT2D eigenvalue weighted by atomic mass is 10.1. The number of hydrazine groups is 1. The summed E-state index contributed by atoms with van der Waals surface area (Å²) in [5, 5.41) is 4.14. The maximum atomic E-state index is 5.58. The molecule has 6 nitrogen and oxygen atoms in total. The molecular weight excluding hydrogens is 216 g/mol. The number of aryl methyl sites for hydroxylation is 1. The molecule has 0 radical (unpaired) electrons. The maximum absolute atomic E-state index is 5.58. The van der Waals surface area contributed by atoms with Crippen molar-refractivity contribution >= 4 is 0 Å². The Kier molecular flexibility index (Phi) is 3.79. The molecule has 17 heavy (non-hydrogen) atoms. The zero-order valence-corrected chi connectivity index (χ0v) is 9.74. The van der Waals surface area contributed by atoms with Crippen molar-refractivity contribution in [3.05, 3.63) is 42.2 Å². The highest BCUT2D eigenvalue weighted by Crippen LogP contribution is 2.15. The minimum Gasteiger partial charge on any atom is -0.271 e. The second kappa shape index (κ2) is 5.51. The Bertz CT molecular complexity index is 452. The number of hydrogen-bond acceptors (Lipinski definition) is 5. The summed E-state index contributed by atoms with van der Waals surface area (Å²) in [4.78, 5) is 8.32. The van der Waals surface area contributed by atoms with Crippen LogP contribution in [0.3, 0.4) is 0 Å². The van der Waals surface area contributed by atoms with Crippen LogP contribution in [0, 0.1) is 0 Å². The molecule has 90 valence electrons. The van der Waals surface area contributed by atoms with Gasteiger partial charge in [-0.2, -0.15) is 5.10 Å². The molecule has 0 aliphatic heterocycles. The lowest BCUT2D eigenvalue weighted by molar-refractivity contribution is 0.509. The van der Waals surface area contributed by atoms with Crippen molar-refractivity contribution < 1.29 is 0 Å². The van der Waals surface area contributed by atoms with Crippen molar-refractivity contribution in [2.45, 2.75) is 25.9 Å². The molecule has 1 atom stereocenters. The summed E-state index contributed by atoms with van der Waals surface area (Å²) in [6, 6.07) is 3.88. The van der Waals surface area contributed by atoms with Crippen LogP contribution < -0.4 is 11.3 Å². The van der Waals surface area contributed by atoms with Gasteiger partial charge in [0.05, 0.1) is 6.04 Å². The number of rotatable bonds is 5. The SMILES string of the molecule is CCn1ncnc1CC(NN)c1cccnc1. The van der Waals surface area contributed by atoms with E-state index in [1.807, 2.05) is 23.7 Å². The molecule has 2 heterocycles. The number of nitrogens with two attached hydrogens (primary N) is 1. The van der Waals surface area contributed by atoms with E-state index in [-0.39, 0.29) is 6.04 Å². The Morgan fingerprint density at radius 2 is 2.41 bits per heavy atom. The van der Waals surface area contributed by atoms with Crippen LogP contribution in [0.5, 0.6) is 0 Å². The van der Waals surface area contributed by atoms with Crippen molar-refractivity contribution in [3.63, 3.8) is 0 Å². The number of hydrogen-bond donors (Lipinski definition) is 2. The van der Waals surface area contributed by atoms with Crippen LogP contribution in [-0.4, -0.2) is 19.7 Å². The first-order valence-electron chi connectivity index (χ1n) is 5.58. The predicted octanol–water partition coefficient (Wildman–Crippen LogP) is 0.440. The zero-order valence-electron chi connectivity index (χ0n) is 9.74. The maximum Gasteiger partial charge on any atom is 0.138 e. The quantitative estimate of drug-likeness (QED) is 0.577. The van der Waals surface area contributed by atoms with Crippen LogP contribution in [0.1, 0.15) is 24.4 Å².